The highest BCUT2D eigenvalue weighted by atomic mass is 16.4. The highest BCUT2D eigenvalue weighted by Crippen LogP contribution is 2.33. The van der Waals surface area contributed by atoms with Gasteiger partial charge in [-0.25, -0.2) is 0 Å². The summed E-state index contributed by atoms with van der Waals surface area (Å²) < 4.78 is 0. The topological polar surface area (TPSA) is 69.6 Å². The van der Waals surface area contributed by atoms with Crippen LogP contribution in [-0.2, 0) is 4.79 Å². The van der Waals surface area contributed by atoms with E-state index in [2.05, 4.69) is 5.32 Å². The third-order valence-corrected chi connectivity index (χ3v) is 2.59. The van der Waals surface area contributed by atoms with Crippen LogP contribution < -0.4 is 5.32 Å². The first-order valence-corrected chi connectivity index (χ1v) is 5.03. The number of aliphatic hydroxyl groups is 1. The van der Waals surface area contributed by atoms with Gasteiger partial charge in [-0.2, -0.15) is 0 Å². The third-order valence-electron chi connectivity index (χ3n) is 2.59. The Balaban J connectivity index is 2.37. The van der Waals surface area contributed by atoms with Gasteiger partial charge < -0.3 is 15.5 Å². The largest absolute Gasteiger partial charge is 0.480 e. The lowest BCUT2D eigenvalue weighted by Crippen LogP contribution is -2.44. The Bertz CT molecular complexity index is 211. The standard InChI is InChI=1S/C10H19NO3/c1-10(2,6-12)5-11-8(9(13)14)7-3-4-7/h7-8,11-12H,3-6H2,1-2H3,(H,13,14). The Morgan fingerprint density at radius 3 is 2.50 bits per heavy atom. The Hall–Kier alpha value is -0.610. The lowest BCUT2D eigenvalue weighted by Gasteiger charge is -2.24. The first kappa shape index (κ1) is 11.5. The molecule has 0 amide bonds. The lowest BCUT2D eigenvalue weighted by molar-refractivity contribution is -0.140. The molecule has 82 valence electrons. The SMILES string of the molecule is CC(C)(CO)CNC(C(=O)O)C1CC1. The number of carboxylic acids is 1. The number of rotatable bonds is 6. The number of aliphatic carboxylic acids is 1. The monoisotopic (exact) mass is 201 g/mol. The number of carboxylic acid groups (broad SMARTS) is 1. The molecule has 1 unspecified atom stereocenters. The van der Waals surface area contributed by atoms with E-state index in [9.17, 15) is 4.79 Å². The highest BCUT2D eigenvalue weighted by Gasteiger charge is 2.36. The minimum absolute atomic E-state index is 0.0665. The van der Waals surface area contributed by atoms with Crippen molar-refractivity contribution in [2.24, 2.45) is 11.3 Å². The summed E-state index contributed by atoms with van der Waals surface area (Å²) in [5, 5.41) is 21.0. The summed E-state index contributed by atoms with van der Waals surface area (Å²) in [5.41, 5.74) is -0.247. The maximum atomic E-state index is 10.9. The van der Waals surface area contributed by atoms with Gasteiger partial charge in [0.2, 0.25) is 0 Å². The summed E-state index contributed by atoms with van der Waals surface area (Å²) in [6.07, 6.45) is 2.01. The molecule has 0 bridgehead atoms. The van der Waals surface area contributed by atoms with Gasteiger partial charge in [0.25, 0.3) is 0 Å². The van der Waals surface area contributed by atoms with E-state index in [0.29, 0.717) is 12.5 Å². The zero-order chi connectivity index (χ0) is 10.8. The van der Waals surface area contributed by atoms with E-state index in [1.807, 2.05) is 13.8 Å². The molecule has 1 rings (SSSR count). The number of hydrogen-bond acceptors (Lipinski definition) is 3. The molecule has 0 aromatic heterocycles. The molecule has 4 heteroatoms. The number of aliphatic hydroxyl groups excluding tert-OH is 1. The van der Waals surface area contributed by atoms with Crippen molar-refractivity contribution in [3.8, 4) is 0 Å². The minimum Gasteiger partial charge on any atom is -0.480 e. The van der Waals surface area contributed by atoms with Crippen LogP contribution in [0, 0.1) is 11.3 Å². The van der Waals surface area contributed by atoms with E-state index in [1.54, 1.807) is 0 Å². The van der Waals surface area contributed by atoms with Crippen LogP contribution in [-0.4, -0.2) is 35.4 Å². The molecule has 0 saturated heterocycles. The Morgan fingerprint density at radius 2 is 2.14 bits per heavy atom. The molecular weight excluding hydrogens is 182 g/mol. The minimum atomic E-state index is -0.777. The fourth-order valence-electron chi connectivity index (χ4n) is 1.33. The van der Waals surface area contributed by atoms with E-state index < -0.39 is 12.0 Å². The molecule has 0 aromatic carbocycles. The fourth-order valence-corrected chi connectivity index (χ4v) is 1.33. The molecule has 0 spiro atoms. The molecule has 14 heavy (non-hydrogen) atoms. The predicted molar refractivity (Wildman–Crippen MR) is 53.0 cm³/mol. The maximum absolute atomic E-state index is 10.9. The van der Waals surface area contributed by atoms with Crippen LogP contribution in [0.5, 0.6) is 0 Å². The van der Waals surface area contributed by atoms with E-state index in [-0.39, 0.29) is 12.0 Å². The first-order chi connectivity index (χ1) is 6.46. The van der Waals surface area contributed by atoms with Crippen LogP contribution in [0.15, 0.2) is 0 Å². The third kappa shape index (κ3) is 3.27. The van der Waals surface area contributed by atoms with Crippen LogP contribution in [0.25, 0.3) is 0 Å². The second-order valence-electron chi connectivity index (χ2n) is 4.86. The smallest absolute Gasteiger partial charge is 0.320 e. The van der Waals surface area contributed by atoms with Crippen molar-refractivity contribution < 1.29 is 15.0 Å². The average molecular weight is 201 g/mol. The van der Waals surface area contributed by atoms with Crippen LogP contribution in [0.1, 0.15) is 26.7 Å². The van der Waals surface area contributed by atoms with E-state index >= 15 is 0 Å². The van der Waals surface area contributed by atoms with Crippen molar-refractivity contribution in [2.75, 3.05) is 13.2 Å². The molecule has 1 fully saturated rings. The van der Waals surface area contributed by atoms with Gasteiger partial charge in [-0.3, -0.25) is 4.79 Å². The van der Waals surface area contributed by atoms with Crippen LogP contribution in [0.2, 0.25) is 0 Å². The fraction of sp³-hybridized carbons (Fsp3) is 0.900. The molecule has 3 N–H and O–H groups in total. The zero-order valence-corrected chi connectivity index (χ0v) is 8.79. The van der Waals surface area contributed by atoms with Crippen molar-refractivity contribution >= 4 is 5.97 Å². The van der Waals surface area contributed by atoms with Gasteiger partial charge in [0.05, 0.1) is 0 Å². The van der Waals surface area contributed by atoms with Gasteiger partial charge in [0.15, 0.2) is 0 Å². The molecule has 0 radical (unpaired) electrons. The van der Waals surface area contributed by atoms with Gasteiger partial charge in [0, 0.05) is 18.6 Å². The Morgan fingerprint density at radius 1 is 1.57 bits per heavy atom. The highest BCUT2D eigenvalue weighted by molar-refractivity contribution is 5.74. The molecule has 4 nitrogen and oxygen atoms in total. The van der Waals surface area contributed by atoms with Crippen molar-refractivity contribution in [1.82, 2.24) is 5.32 Å². The molecule has 1 saturated carbocycles. The summed E-state index contributed by atoms with van der Waals surface area (Å²) in [5.74, 6) is -0.483. The van der Waals surface area contributed by atoms with Gasteiger partial charge in [-0.1, -0.05) is 13.8 Å². The predicted octanol–water partition coefficient (Wildman–Crippen LogP) is 0.458. The number of hydrogen-bond donors (Lipinski definition) is 3. The molecular formula is C10H19NO3. The molecule has 1 atom stereocenters. The quantitative estimate of drug-likeness (QED) is 0.584. The molecule has 0 aliphatic heterocycles. The number of carbonyl (C=O) groups is 1. The molecule has 0 aromatic rings. The summed E-state index contributed by atoms with van der Waals surface area (Å²) in [7, 11) is 0. The van der Waals surface area contributed by atoms with Crippen LogP contribution >= 0.6 is 0 Å². The second kappa shape index (κ2) is 4.28. The summed E-state index contributed by atoms with van der Waals surface area (Å²) >= 11 is 0. The zero-order valence-electron chi connectivity index (χ0n) is 8.79. The van der Waals surface area contributed by atoms with Crippen LogP contribution in [0.3, 0.4) is 0 Å². The van der Waals surface area contributed by atoms with E-state index in [0.717, 1.165) is 12.8 Å². The Kier molecular flexibility index (Phi) is 3.50. The van der Waals surface area contributed by atoms with Gasteiger partial charge in [0.1, 0.15) is 6.04 Å². The van der Waals surface area contributed by atoms with Crippen molar-refractivity contribution in [3.05, 3.63) is 0 Å². The van der Waals surface area contributed by atoms with Gasteiger partial charge in [-0.05, 0) is 18.8 Å². The number of nitrogens with one attached hydrogen (secondary N) is 1. The van der Waals surface area contributed by atoms with Gasteiger partial charge in [-0.15, -0.1) is 0 Å². The van der Waals surface area contributed by atoms with E-state index in [1.165, 1.54) is 0 Å². The van der Waals surface area contributed by atoms with Crippen molar-refractivity contribution in [3.63, 3.8) is 0 Å². The first-order valence-electron chi connectivity index (χ1n) is 5.03. The summed E-state index contributed by atoms with van der Waals surface area (Å²) in [6.45, 7) is 4.42. The van der Waals surface area contributed by atoms with Crippen molar-refractivity contribution in [1.29, 1.82) is 0 Å². The average Bonchev–Trinajstić information content (AvgIpc) is 2.88. The Labute approximate surface area is 84.3 Å². The normalized spacial score (nSPS) is 19.4. The molecule has 1 aliphatic carbocycles. The summed E-state index contributed by atoms with van der Waals surface area (Å²) in [4.78, 5) is 10.9. The van der Waals surface area contributed by atoms with Crippen molar-refractivity contribution in [2.45, 2.75) is 32.7 Å². The van der Waals surface area contributed by atoms with E-state index in [4.69, 9.17) is 10.2 Å². The second-order valence-corrected chi connectivity index (χ2v) is 4.86. The molecule has 0 heterocycles. The maximum Gasteiger partial charge on any atom is 0.320 e. The summed E-state index contributed by atoms with van der Waals surface area (Å²) in [6, 6.07) is -0.430. The van der Waals surface area contributed by atoms with Gasteiger partial charge >= 0.3 is 5.97 Å². The molecule has 1 aliphatic rings. The van der Waals surface area contributed by atoms with Crippen LogP contribution in [0.4, 0.5) is 0 Å². The lowest BCUT2D eigenvalue weighted by atomic mass is 9.94.